The van der Waals surface area contributed by atoms with Gasteiger partial charge in [0.2, 0.25) is 0 Å². The molecule has 1 aromatic carbocycles. The number of aryl methyl sites for hydroxylation is 1. The van der Waals surface area contributed by atoms with Gasteiger partial charge >= 0.3 is 0 Å². The molecular formula is C22H31N3O3. The van der Waals surface area contributed by atoms with Gasteiger partial charge in [-0.2, -0.15) is 0 Å². The summed E-state index contributed by atoms with van der Waals surface area (Å²) in [5, 5.41) is 3.06. The van der Waals surface area contributed by atoms with E-state index in [9.17, 15) is 4.79 Å². The molecule has 1 aliphatic heterocycles. The monoisotopic (exact) mass is 385 g/mol. The fraction of sp³-hybridized carbons (Fsp3) is 0.500. The first kappa shape index (κ1) is 20.3. The highest BCUT2D eigenvalue weighted by atomic mass is 16.5. The minimum atomic E-state index is -0.125. The summed E-state index contributed by atoms with van der Waals surface area (Å²) in [6, 6.07) is 11.7. The number of carbonyl (C=O) groups is 1. The Hall–Kier alpha value is -2.47. The number of hydrogen-bond donors (Lipinski definition) is 1. The number of aromatic nitrogens is 1. The van der Waals surface area contributed by atoms with Gasteiger partial charge in [-0.05, 0) is 50.2 Å². The van der Waals surface area contributed by atoms with Gasteiger partial charge in [-0.3, -0.25) is 9.69 Å². The molecule has 1 saturated heterocycles. The number of methoxy groups -OCH3 is 1. The van der Waals surface area contributed by atoms with E-state index < -0.39 is 0 Å². The van der Waals surface area contributed by atoms with Crippen molar-refractivity contribution < 1.29 is 14.3 Å². The maximum atomic E-state index is 12.4. The number of para-hydroxylation sites is 2. The zero-order valence-corrected chi connectivity index (χ0v) is 16.9. The van der Waals surface area contributed by atoms with E-state index in [4.69, 9.17) is 9.47 Å². The molecule has 152 valence electrons. The number of rotatable bonds is 8. The summed E-state index contributed by atoms with van der Waals surface area (Å²) < 4.78 is 13.1. The van der Waals surface area contributed by atoms with Gasteiger partial charge in [0.05, 0.1) is 13.2 Å². The minimum Gasteiger partial charge on any atom is -0.493 e. The summed E-state index contributed by atoms with van der Waals surface area (Å²) in [7, 11) is 3.65. The third-order valence-corrected chi connectivity index (χ3v) is 5.33. The van der Waals surface area contributed by atoms with E-state index in [1.807, 2.05) is 18.2 Å². The number of benzene rings is 1. The van der Waals surface area contributed by atoms with Crippen LogP contribution in [-0.2, 0) is 11.8 Å². The third-order valence-electron chi connectivity index (χ3n) is 5.33. The number of amides is 1. The first-order valence-corrected chi connectivity index (χ1v) is 10.1. The fourth-order valence-corrected chi connectivity index (χ4v) is 3.79. The topological polar surface area (TPSA) is 55.7 Å². The second-order valence-electron chi connectivity index (χ2n) is 7.25. The Balaban J connectivity index is 1.59. The molecule has 1 N–H and O–H groups in total. The molecule has 6 heteroatoms. The minimum absolute atomic E-state index is 0.0275. The first-order chi connectivity index (χ1) is 13.7. The molecule has 0 bridgehead atoms. The Morgan fingerprint density at radius 3 is 2.43 bits per heavy atom. The lowest BCUT2D eigenvalue weighted by Gasteiger charge is -2.31. The second-order valence-corrected chi connectivity index (χ2v) is 7.25. The van der Waals surface area contributed by atoms with Crippen LogP contribution in [0.15, 0.2) is 42.6 Å². The van der Waals surface area contributed by atoms with E-state index >= 15 is 0 Å². The molecule has 3 rings (SSSR count). The average molecular weight is 386 g/mol. The molecule has 6 nitrogen and oxygen atoms in total. The summed E-state index contributed by atoms with van der Waals surface area (Å²) in [6.45, 7) is 2.69. The van der Waals surface area contributed by atoms with Gasteiger partial charge in [0.25, 0.3) is 5.91 Å². The van der Waals surface area contributed by atoms with Crippen LogP contribution in [0.1, 0.15) is 37.4 Å². The summed E-state index contributed by atoms with van der Waals surface area (Å²) in [5.74, 6) is 1.08. The van der Waals surface area contributed by atoms with Crippen LogP contribution < -0.4 is 14.8 Å². The fourth-order valence-electron chi connectivity index (χ4n) is 3.79. The highest BCUT2D eigenvalue weighted by molar-refractivity contribution is 5.77. The molecule has 1 aromatic heterocycles. The average Bonchev–Trinajstić information content (AvgIpc) is 2.96. The van der Waals surface area contributed by atoms with Crippen molar-refractivity contribution in [2.75, 3.05) is 33.4 Å². The lowest BCUT2D eigenvalue weighted by atomic mass is 10.1. The summed E-state index contributed by atoms with van der Waals surface area (Å²) in [6.07, 6.45) is 7.06. The van der Waals surface area contributed by atoms with Crippen LogP contribution in [0, 0.1) is 0 Å². The largest absolute Gasteiger partial charge is 0.493 e. The van der Waals surface area contributed by atoms with Crippen LogP contribution in [0.4, 0.5) is 0 Å². The second kappa shape index (κ2) is 10.2. The van der Waals surface area contributed by atoms with E-state index in [2.05, 4.69) is 40.2 Å². The Bertz CT molecular complexity index is 751. The van der Waals surface area contributed by atoms with E-state index in [1.54, 1.807) is 13.2 Å². The number of ether oxygens (including phenoxy) is 2. The molecule has 0 saturated carbocycles. The van der Waals surface area contributed by atoms with Gasteiger partial charge in [0.1, 0.15) is 0 Å². The van der Waals surface area contributed by atoms with Crippen LogP contribution in [-0.4, -0.2) is 48.7 Å². The van der Waals surface area contributed by atoms with Gasteiger partial charge < -0.3 is 19.4 Å². The highest BCUT2D eigenvalue weighted by Gasteiger charge is 2.24. The number of carbonyl (C=O) groups excluding carboxylic acids is 1. The van der Waals surface area contributed by atoms with Crippen molar-refractivity contribution in [3.63, 3.8) is 0 Å². The smallest absolute Gasteiger partial charge is 0.258 e. The predicted molar refractivity (Wildman–Crippen MR) is 110 cm³/mol. The Kier molecular flexibility index (Phi) is 7.37. The highest BCUT2D eigenvalue weighted by Crippen LogP contribution is 2.26. The van der Waals surface area contributed by atoms with Gasteiger partial charge in [-0.15, -0.1) is 0 Å². The normalized spacial score (nSPS) is 16.2. The number of hydrogen-bond acceptors (Lipinski definition) is 4. The summed E-state index contributed by atoms with van der Waals surface area (Å²) >= 11 is 0. The maximum Gasteiger partial charge on any atom is 0.258 e. The summed E-state index contributed by atoms with van der Waals surface area (Å²) in [5.41, 5.74) is 1.23. The van der Waals surface area contributed by atoms with E-state index in [0.29, 0.717) is 18.0 Å². The van der Waals surface area contributed by atoms with Crippen molar-refractivity contribution in [1.29, 1.82) is 0 Å². The lowest BCUT2D eigenvalue weighted by molar-refractivity contribution is -0.123. The van der Waals surface area contributed by atoms with E-state index in [-0.39, 0.29) is 18.6 Å². The maximum absolute atomic E-state index is 12.4. The Morgan fingerprint density at radius 1 is 1.07 bits per heavy atom. The molecule has 0 radical (unpaired) electrons. The number of nitrogens with zero attached hydrogens (tertiary/aromatic N) is 2. The molecule has 1 aliphatic rings. The van der Waals surface area contributed by atoms with Crippen LogP contribution in [0.2, 0.25) is 0 Å². The molecule has 28 heavy (non-hydrogen) atoms. The molecule has 0 aliphatic carbocycles. The van der Waals surface area contributed by atoms with Gasteiger partial charge in [-0.1, -0.05) is 25.0 Å². The van der Waals surface area contributed by atoms with Crippen molar-refractivity contribution in [1.82, 2.24) is 14.8 Å². The molecular weight excluding hydrogens is 354 g/mol. The molecule has 1 atom stereocenters. The quantitative estimate of drug-likeness (QED) is 0.758. The molecule has 1 fully saturated rings. The van der Waals surface area contributed by atoms with Crippen molar-refractivity contribution in [2.45, 2.75) is 31.7 Å². The number of nitrogens with one attached hydrogen (secondary N) is 1. The van der Waals surface area contributed by atoms with Crippen LogP contribution in [0.5, 0.6) is 11.5 Å². The van der Waals surface area contributed by atoms with Crippen molar-refractivity contribution in [3.05, 3.63) is 48.3 Å². The van der Waals surface area contributed by atoms with E-state index in [1.165, 1.54) is 31.4 Å². The van der Waals surface area contributed by atoms with Crippen molar-refractivity contribution >= 4 is 5.91 Å². The van der Waals surface area contributed by atoms with E-state index in [0.717, 1.165) is 13.1 Å². The molecule has 2 aromatic rings. The Labute approximate surface area is 167 Å². The van der Waals surface area contributed by atoms with Crippen LogP contribution >= 0.6 is 0 Å². The van der Waals surface area contributed by atoms with Crippen molar-refractivity contribution in [3.8, 4) is 11.5 Å². The van der Waals surface area contributed by atoms with Gasteiger partial charge in [0.15, 0.2) is 18.1 Å². The zero-order valence-electron chi connectivity index (χ0n) is 16.9. The van der Waals surface area contributed by atoms with Gasteiger partial charge in [0, 0.05) is 25.5 Å². The predicted octanol–water partition coefficient (Wildman–Crippen LogP) is 3.15. The van der Waals surface area contributed by atoms with Gasteiger partial charge in [-0.25, -0.2) is 0 Å². The molecule has 0 spiro atoms. The lowest BCUT2D eigenvalue weighted by Crippen LogP contribution is -2.40. The van der Waals surface area contributed by atoms with Crippen LogP contribution in [0.25, 0.3) is 0 Å². The SMILES string of the molecule is COc1ccccc1OCC(=O)NCC(c1cccn1C)N1CCCCCC1. The first-order valence-electron chi connectivity index (χ1n) is 10.1. The zero-order chi connectivity index (χ0) is 19.8. The molecule has 2 heterocycles. The summed E-state index contributed by atoms with van der Waals surface area (Å²) in [4.78, 5) is 14.9. The number of likely N-dealkylation sites (tertiary alicyclic amines) is 1. The van der Waals surface area contributed by atoms with Crippen molar-refractivity contribution in [2.24, 2.45) is 7.05 Å². The standard InChI is InChI=1S/C22H31N3O3/c1-24-13-9-10-18(24)19(25-14-7-3-4-8-15-25)16-23-22(26)17-28-21-12-6-5-11-20(21)27-2/h5-6,9-13,19H,3-4,7-8,14-17H2,1-2H3,(H,23,26). The van der Waals surface area contributed by atoms with Crippen LogP contribution in [0.3, 0.4) is 0 Å². The molecule has 1 unspecified atom stereocenters. The molecule has 1 amide bonds. The Morgan fingerprint density at radius 2 is 1.79 bits per heavy atom. The third kappa shape index (κ3) is 5.29.